The standard InChI is InChI=1S/C21H18N2O5S/c1-13-9-14(29-12-22)7-8-17(13)23-19(24)11-27-21(25)20-16(10-26-2)15-5-3-4-6-18(15)28-20/h3-9H,10-11H2,1-2H3,(H,23,24). The molecule has 0 fully saturated rings. The van der Waals surface area contributed by atoms with Crippen molar-refractivity contribution in [1.29, 1.82) is 5.26 Å². The zero-order valence-electron chi connectivity index (χ0n) is 15.9. The number of thioether (sulfide) groups is 1. The van der Waals surface area contributed by atoms with Gasteiger partial charge in [0.25, 0.3) is 5.91 Å². The number of nitrogens with zero attached hydrogens (tertiary/aromatic N) is 1. The lowest BCUT2D eigenvalue weighted by atomic mass is 10.1. The number of esters is 1. The third-order valence-corrected chi connectivity index (χ3v) is 4.72. The van der Waals surface area contributed by atoms with Crippen molar-refractivity contribution in [3.05, 3.63) is 59.4 Å². The molecular formula is C21H18N2O5S. The Bertz CT molecular complexity index is 1100. The van der Waals surface area contributed by atoms with Crippen LogP contribution in [0.5, 0.6) is 0 Å². The molecule has 1 N–H and O–H groups in total. The molecular weight excluding hydrogens is 392 g/mol. The van der Waals surface area contributed by atoms with E-state index in [1.54, 1.807) is 30.3 Å². The van der Waals surface area contributed by atoms with E-state index in [0.717, 1.165) is 27.6 Å². The van der Waals surface area contributed by atoms with E-state index in [9.17, 15) is 9.59 Å². The normalized spacial score (nSPS) is 10.5. The Kier molecular flexibility index (Phi) is 6.54. The summed E-state index contributed by atoms with van der Waals surface area (Å²) < 4.78 is 15.9. The largest absolute Gasteiger partial charge is 0.450 e. The number of methoxy groups -OCH3 is 1. The van der Waals surface area contributed by atoms with E-state index in [4.69, 9.17) is 19.2 Å². The molecule has 0 saturated heterocycles. The van der Waals surface area contributed by atoms with Crippen LogP contribution in [0.2, 0.25) is 0 Å². The average molecular weight is 410 g/mol. The molecule has 0 saturated carbocycles. The highest BCUT2D eigenvalue weighted by atomic mass is 32.2. The number of carbonyl (C=O) groups is 2. The highest BCUT2D eigenvalue weighted by Crippen LogP contribution is 2.27. The Balaban J connectivity index is 1.66. The average Bonchev–Trinajstić information content (AvgIpc) is 3.07. The second-order valence-corrected chi connectivity index (χ2v) is 6.99. The van der Waals surface area contributed by atoms with Gasteiger partial charge in [-0.15, -0.1) is 0 Å². The minimum absolute atomic E-state index is 0.0231. The summed E-state index contributed by atoms with van der Waals surface area (Å²) in [7, 11) is 1.52. The summed E-state index contributed by atoms with van der Waals surface area (Å²) in [5, 5.41) is 14.2. The number of hydrogen-bond acceptors (Lipinski definition) is 7. The number of furan rings is 1. The van der Waals surface area contributed by atoms with Gasteiger partial charge in [-0.2, -0.15) is 5.26 Å². The zero-order chi connectivity index (χ0) is 20.8. The molecule has 3 aromatic rings. The minimum Gasteiger partial charge on any atom is -0.450 e. The molecule has 29 heavy (non-hydrogen) atoms. The number of para-hydroxylation sites is 1. The molecule has 0 bridgehead atoms. The van der Waals surface area contributed by atoms with Crippen LogP contribution in [0.4, 0.5) is 5.69 Å². The van der Waals surface area contributed by atoms with Crippen molar-refractivity contribution in [2.45, 2.75) is 18.4 Å². The van der Waals surface area contributed by atoms with Crippen molar-refractivity contribution in [3.8, 4) is 5.40 Å². The first-order valence-corrected chi connectivity index (χ1v) is 9.48. The number of fused-ring (bicyclic) bond motifs is 1. The molecule has 2 aromatic carbocycles. The number of amides is 1. The first kappa shape index (κ1) is 20.5. The van der Waals surface area contributed by atoms with Crippen LogP contribution < -0.4 is 5.32 Å². The fourth-order valence-corrected chi connectivity index (χ4v) is 3.30. The number of benzene rings is 2. The minimum atomic E-state index is -0.735. The zero-order valence-corrected chi connectivity index (χ0v) is 16.7. The van der Waals surface area contributed by atoms with Gasteiger partial charge in [-0.25, -0.2) is 4.79 Å². The fraction of sp³-hybridized carbons (Fsp3) is 0.190. The number of nitriles is 1. The van der Waals surface area contributed by atoms with Crippen LogP contribution in [-0.2, 0) is 20.9 Å². The monoisotopic (exact) mass is 410 g/mol. The first-order chi connectivity index (χ1) is 14.0. The molecule has 0 spiro atoms. The van der Waals surface area contributed by atoms with Gasteiger partial charge in [-0.1, -0.05) is 18.2 Å². The van der Waals surface area contributed by atoms with Crippen LogP contribution >= 0.6 is 11.8 Å². The molecule has 8 heteroatoms. The quantitative estimate of drug-likeness (QED) is 0.353. The number of thiocyanates is 1. The van der Waals surface area contributed by atoms with Crippen LogP contribution in [0.3, 0.4) is 0 Å². The van der Waals surface area contributed by atoms with Crippen molar-refractivity contribution >= 4 is 40.3 Å². The van der Waals surface area contributed by atoms with Gasteiger partial charge in [0, 0.05) is 28.6 Å². The third kappa shape index (κ3) is 4.77. The fourth-order valence-electron chi connectivity index (χ4n) is 2.83. The molecule has 1 aromatic heterocycles. The SMILES string of the molecule is COCc1c(C(=O)OCC(=O)Nc2ccc(SC#N)cc2C)oc2ccccc12. The Morgan fingerprint density at radius 2 is 2.03 bits per heavy atom. The number of hydrogen-bond donors (Lipinski definition) is 1. The molecule has 0 unspecified atom stereocenters. The molecule has 0 radical (unpaired) electrons. The van der Waals surface area contributed by atoms with E-state index in [0.29, 0.717) is 16.8 Å². The topological polar surface area (TPSA) is 102 Å². The van der Waals surface area contributed by atoms with Gasteiger partial charge in [-0.05, 0) is 48.5 Å². The summed E-state index contributed by atoms with van der Waals surface area (Å²) in [6.45, 7) is 1.53. The summed E-state index contributed by atoms with van der Waals surface area (Å²) in [5.41, 5.74) is 2.50. The van der Waals surface area contributed by atoms with E-state index in [1.807, 2.05) is 24.5 Å². The van der Waals surface area contributed by atoms with Crippen molar-refractivity contribution in [1.82, 2.24) is 0 Å². The molecule has 7 nitrogen and oxygen atoms in total. The molecule has 1 heterocycles. The molecule has 148 valence electrons. The van der Waals surface area contributed by atoms with Gasteiger partial charge < -0.3 is 19.2 Å². The van der Waals surface area contributed by atoms with Crippen LogP contribution in [0.25, 0.3) is 11.0 Å². The van der Waals surface area contributed by atoms with Crippen LogP contribution in [-0.4, -0.2) is 25.6 Å². The molecule has 0 aliphatic heterocycles. The van der Waals surface area contributed by atoms with Gasteiger partial charge in [0.2, 0.25) is 5.76 Å². The van der Waals surface area contributed by atoms with Crippen LogP contribution in [0.1, 0.15) is 21.7 Å². The predicted molar refractivity (Wildman–Crippen MR) is 108 cm³/mol. The number of nitrogens with one attached hydrogen (secondary N) is 1. The van der Waals surface area contributed by atoms with Gasteiger partial charge in [0.05, 0.1) is 6.61 Å². The number of aryl methyl sites for hydroxylation is 1. The van der Waals surface area contributed by atoms with E-state index in [1.165, 1.54) is 7.11 Å². The summed E-state index contributed by atoms with van der Waals surface area (Å²) in [6.07, 6.45) is 0. The number of anilines is 1. The number of rotatable bonds is 7. The van der Waals surface area contributed by atoms with Gasteiger partial charge >= 0.3 is 5.97 Å². The second-order valence-electron chi connectivity index (χ2n) is 6.13. The van der Waals surface area contributed by atoms with Crippen molar-refractivity contribution in [3.63, 3.8) is 0 Å². The Hall–Kier alpha value is -3.28. The number of ether oxygens (including phenoxy) is 2. The van der Waals surface area contributed by atoms with E-state index in [2.05, 4.69) is 5.32 Å². The molecule has 1 amide bonds. The maximum absolute atomic E-state index is 12.5. The van der Waals surface area contributed by atoms with Gasteiger partial charge in [-0.3, -0.25) is 4.79 Å². The Morgan fingerprint density at radius 3 is 2.76 bits per heavy atom. The van der Waals surface area contributed by atoms with Crippen LogP contribution in [0.15, 0.2) is 51.8 Å². The maximum atomic E-state index is 12.5. The summed E-state index contributed by atoms with van der Waals surface area (Å²) in [5.74, 6) is -1.19. The van der Waals surface area contributed by atoms with Gasteiger partial charge in [0.1, 0.15) is 11.0 Å². The molecule has 3 rings (SSSR count). The van der Waals surface area contributed by atoms with Crippen molar-refractivity contribution < 1.29 is 23.5 Å². The van der Waals surface area contributed by atoms with E-state index in [-0.39, 0.29) is 12.4 Å². The lowest BCUT2D eigenvalue weighted by molar-refractivity contribution is -0.119. The highest BCUT2D eigenvalue weighted by molar-refractivity contribution is 8.03. The lowest BCUT2D eigenvalue weighted by Crippen LogP contribution is -2.21. The lowest BCUT2D eigenvalue weighted by Gasteiger charge is -2.09. The first-order valence-electron chi connectivity index (χ1n) is 8.66. The molecule has 0 aliphatic rings. The molecule has 0 aliphatic carbocycles. The van der Waals surface area contributed by atoms with Crippen molar-refractivity contribution in [2.75, 3.05) is 19.0 Å². The van der Waals surface area contributed by atoms with Gasteiger partial charge in [0.15, 0.2) is 6.61 Å². The highest BCUT2D eigenvalue weighted by Gasteiger charge is 2.22. The predicted octanol–water partition coefficient (Wildman–Crippen LogP) is 4.26. The van der Waals surface area contributed by atoms with E-state index >= 15 is 0 Å². The Morgan fingerprint density at radius 1 is 1.24 bits per heavy atom. The summed E-state index contributed by atoms with van der Waals surface area (Å²) in [6, 6.07) is 12.4. The third-order valence-electron chi connectivity index (χ3n) is 4.14. The molecule has 0 atom stereocenters. The Labute approximate surface area is 171 Å². The smallest absolute Gasteiger partial charge is 0.375 e. The summed E-state index contributed by atoms with van der Waals surface area (Å²) in [4.78, 5) is 25.4. The number of carbonyl (C=O) groups excluding carboxylic acids is 2. The second kappa shape index (κ2) is 9.28. The van der Waals surface area contributed by atoms with Crippen LogP contribution in [0, 0.1) is 17.6 Å². The van der Waals surface area contributed by atoms with Crippen molar-refractivity contribution in [2.24, 2.45) is 0 Å². The van der Waals surface area contributed by atoms with E-state index < -0.39 is 18.5 Å². The summed E-state index contributed by atoms with van der Waals surface area (Å²) >= 11 is 1.04. The maximum Gasteiger partial charge on any atom is 0.375 e.